The topological polar surface area (TPSA) is 91.4 Å². The van der Waals surface area contributed by atoms with Gasteiger partial charge in [-0.3, -0.25) is 4.79 Å². The standard InChI is InChI=1S/C18H22N2O4/c21-17(8-7-13-4-3-9-24-13)20-16(18(22)23)10-12-11-19-15-6-2-1-5-14(12)15/h1-2,5-6,11,13,16,19H,3-4,7-10H2,(H,20,21)(H,22,23). The normalized spacial score (nSPS) is 18.6. The van der Waals surface area contributed by atoms with E-state index in [1.165, 1.54) is 0 Å². The van der Waals surface area contributed by atoms with E-state index in [9.17, 15) is 14.7 Å². The van der Waals surface area contributed by atoms with Crippen molar-refractivity contribution < 1.29 is 19.4 Å². The Bertz CT molecular complexity index is 719. The van der Waals surface area contributed by atoms with E-state index in [1.807, 2.05) is 24.3 Å². The summed E-state index contributed by atoms with van der Waals surface area (Å²) in [6.45, 7) is 0.755. The van der Waals surface area contributed by atoms with E-state index in [2.05, 4.69) is 10.3 Å². The molecule has 0 spiro atoms. The first-order valence-corrected chi connectivity index (χ1v) is 8.32. The Labute approximate surface area is 140 Å². The molecule has 1 aliphatic heterocycles. The van der Waals surface area contributed by atoms with Gasteiger partial charge in [-0.15, -0.1) is 0 Å². The van der Waals surface area contributed by atoms with Crippen LogP contribution in [0.5, 0.6) is 0 Å². The van der Waals surface area contributed by atoms with Crippen molar-refractivity contribution in [2.45, 2.75) is 44.2 Å². The third-order valence-corrected chi connectivity index (χ3v) is 4.45. The van der Waals surface area contributed by atoms with Crippen LogP contribution in [0, 0.1) is 0 Å². The summed E-state index contributed by atoms with van der Waals surface area (Å²) in [5.74, 6) is -1.26. The van der Waals surface area contributed by atoms with E-state index in [0.717, 1.165) is 35.9 Å². The fraction of sp³-hybridized carbons (Fsp3) is 0.444. The van der Waals surface area contributed by atoms with Crippen LogP contribution in [0.3, 0.4) is 0 Å². The van der Waals surface area contributed by atoms with Gasteiger partial charge in [0.25, 0.3) is 0 Å². The van der Waals surface area contributed by atoms with Gasteiger partial charge in [0.1, 0.15) is 6.04 Å². The smallest absolute Gasteiger partial charge is 0.326 e. The number of rotatable bonds is 7. The fourth-order valence-corrected chi connectivity index (χ4v) is 3.15. The Morgan fingerprint density at radius 2 is 2.21 bits per heavy atom. The first kappa shape index (κ1) is 16.5. The van der Waals surface area contributed by atoms with Crippen LogP contribution in [-0.2, 0) is 20.7 Å². The zero-order valence-electron chi connectivity index (χ0n) is 13.5. The van der Waals surface area contributed by atoms with Gasteiger partial charge in [0.2, 0.25) is 5.91 Å². The highest BCUT2D eigenvalue weighted by molar-refractivity contribution is 5.86. The predicted molar refractivity (Wildman–Crippen MR) is 89.8 cm³/mol. The molecule has 2 unspecified atom stereocenters. The lowest BCUT2D eigenvalue weighted by molar-refractivity contribution is -0.141. The van der Waals surface area contributed by atoms with Crippen molar-refractivity contribution >= 4 is 22.8 Å². The Balaban J connectivity index is 1.60. The minimum Gasteiger partial charge on any atom is -0.480 e. The summed E-state index contributed by atoms with van der Waals surface area (Å²) in [6.07, 6.45) is 5.14. The van der Waals surface area contributed by atoms with Gasteiger partial charge in [-0.1, -0.05) is 18.2 Å². The largest absolute Gasteiger partial charge is 0.480 e. The zero-order valence-corrected chi connectivity index (χ0v) is 13.5. The number of benzene rings is 1. The van der Waals surface area contributed by atoms with Crippen molar-refractivity contribution in [1.29, 1.82) is 0 Å². The molecule has 1 aromatic heterocycles. The molecular weight excluding hydrogens is 308 g/mol. The van der Waals surface area contributed by atoms with Crippen molar-refractivity contribution in [2.24, 2.45) is 0 Å². The average molecular weight is 330 g/mol. The number of aromatic amines is 1. The van der Waals surface area contributed by atoms with E-state index in [-0.39, 0.29) is 18.4 Å². The van der Waals surface area contributed by atoms with E-state index in [0.29, 0.717) is 12.8 Å². The molecule has 1 aromatic carbocycles. The van der Waals surface area contributed by atoms with Crippen LogP contribution < -0.4 is 5.32 Å². The highest BCUT2D eigenvalue weighted by Gasteiger charge is 2.23. The molecule has 1 saturated heterocycles. The van der Waals surface area contributed by atoms with E-state index in [4.69, 9.17) is 4.74 Å². The number of amides is 1. The maximum atomic E-state index is 12.1. The molecule has 3 rings (SSSR count). The summed E-state index contributed by atoms with van der Waals surface area (Å²) in [7, 11) is 0. The minimum absolute atomic E-state index is 0.132. The Morgan fingerprint density at radius 1 is 1.38 bits per heavy atom. The second-order valence-electron chi connectivity index (χ2n) is 6.20. The lowest BCUT2D eigenvalue weighted by Crippen LogP contribution is -2.42. The molecule has 0 radical (unpaired) electrons. The van der Waals surface area contributed by atoms with Crippen LogP contribution >= 0.6 is 0 Å². The minimum atomic E-state index is -1.02. The van der Waals surface area contributed by atoms with Crippen LogP contribution in [0.25, 0.3) is 10.9 Å². The summed E-state index contributed by atoms with van der Waals surface area (Å²) in [5, 5.41) is 13.0. The summed E-state index contributed by atoms with van der Waals surface area (Å²) in [4.78, 5) is 26.7. The number of fused-ring (bicyclic) bond motifs is 1. The molecule has 2 aromatic rings. The second kappa shape index (κ2) is 7.49. The van der Waals surface area contributed by atoms with Gasteiger partial charge in [-0.2, -0.15) is 0 Å². The highest BCUT2D eigenvalue weighted by Crippen LogP contribution is 2.20. The van der Waals surface area contributed by atoms with Gasteiger partial charge in [0.15, 0.2) is 0 Å². The predicted octanol–water partition coefficient (Wildman–Crippen LogP) is 2.24. The van der Waals surface area contributed by atoms with Crippen LogP contribution in [0.15, 0.2) is 30.5 Å². The number of hydrogen-bond acceptors (Lipinski definition) is 3. The molecular formula is C18H22N2O4. The molecule has 6 heteroatoms. The van der Waals surface area contributed by atoms with Gasteiger partial charge < -0.3 is 20.1 Å². The Hall–Kier alpha value is -2.34. The van der Waals surface area contributed by atoms with Crippen molar-refractivity contribution in [3.8, 4) is 0 Å². The molecule has 0 bridgehead atoms. The summed E-state index contributed by atoms with van der Waals surface area (Å²) in [6, 6.07) is 6.79. The third-order valence-electron chi connectivity index (χ3n) is 4.45. The molecule has 24 heavy (non-hydrogen) atoms. The number of carboxylic acids is 1. The van der Waals surface area contributed by atoms with Crippen molar-refractivity contribution in [1.82, 2.24) is 10.3 Å². The molecule has 1 fully saturated rings. The maximum absolute atomic E-state index is 12.1. The number of ether oxygens (including phenoxy) is 1. The average Bonchev–Trinajstić information content (AvgIpc) is 3.22. The third kappa shape index (κ3) is 3.94. The van der Waals surface area contributed by atoms with Gasteiger partial charge >= 0.3 is 5.97 Å². The summed E-state index contributed by atoms with van der Waals surface area (Å²) < 4.78 is 5.49. The van der Waals surface area contributed by atoms with Crippen LogP contribution in [0.2, 0.25) is 0 Å². The van der Waals surface area contributed by atoms with Crippen molar-refractivity contribution in [3.63, 3.8) is 0 Å². The summed E-state index contributed by atoms with van der Waals surface area (Å²) >= 11 is 0. The molecule has 2 atom stereocenters. The van der Waals surface area contributed by atoms with Crippen molar-refractivity contribution in [3.05, 3.63) is 36.0 Å². The first-order chi connectivity index (χ1) is 11.6. The number of H-pyrrole nitrogens is 1. The quantitative estimate of drug-likeness (QED) is 0.726. The van der Waals surface area contributed by atoms with E-state index < -0.39 is 12.0 Å². The number of aromatic nitrogens is 1. The molecule has 0 aliphatic carbocycles. The fourth-order valence-electron chi connectivity index (χ4n) is 3.15. The molecule has 3 N–H and O–H groups in total. The van der Waals surface area contributed by atoms with Gasteiger partial charge in [-0.05, 0) is 30.9 Å². The van der Waals surface area contributed by atoms with Gasteiger partial charge in [-0.25, -0.2) is 4.79 Å². The van der Waals surface area contributed by atoms with E-state index >= 15 is 0 Å². The molecule has 1 aliphatic rings. The number of hydrogen-bond donors (Lipinski definition) is 3. The number of aliphatic carboxylic acids is 1. The number of carbonyl (C=O) groups is 2. The van der Waals surface area contributed by atoms with Crippen LogP contribution in [0.4, 0.5) is 0 Å². The molecule has 6 nitrogen and oxygen atoms in total. The maximum Gasteiger partial charge on any atom is 0.326 e. The van der Waals surface area contributed by atoms with Gasteiger partial charge in [0, 0.05) is 36.5 Å². The zero-order chi connectivity index (χ0) is 16.9. The number of para-hydroxylation sites is 1. The van der Waals surface area contributed by atoms with E-state index in [1.54, 1.807) is 6.20 Å². The first-order valence-electron chi connectivity index (χ1n) is 8.32. The Kier molecular flexibility index (Phi) is 5.15. The molecule has 0 saturated carbocycles. The number of nitrogens with one attached hydrogen (secondary N) is 2. The van der Waals surface area contributed by atoms with Crippen LogP contribution in [-0.4, -0.2) is 40.7 Å². The molecule has 2 heterocycles. The van der Waals surface area contributed by atoms with Crippen molar-refractivity contribution in [2.75, 3.05) is 6.61 Å². The lowest BCUT2D eigenvalue weighted by Gasteiger charge is -2.15. The number of carbonyl (C=O) groups excluding carboxylic acids is 1. The second-order valence-corrected chi connectivity index (χ2v) is 6.20. The lowest BCUT2D eigenvalue weighted by atomic mass is 10.0. The van der Waals surface area contributed by atoms with Crippen LogP contribution in [0.1, 0.15) is 31.2 Å². The monoisotopic (exact) mass is 330 g/mol. The summed E-state index contributed by atoms with van der Waals surface area (Å²) in [5.41, 5.74) is 1.85. The Morgan fingerprint density at radius 3 is 2.96 bits per heavy atom. The molecule has 128 valence electrons. The highest BCUT2D eigenvalue weighted by atomic mass is 16.5. The SMILES string of the molecule is O=C(CCC1CCCO1)NC(Cc1c[nH]c2ccccc12)C(=O)O. The number of carboxylic acid groups (broad SMARTS) is 1. The van der Waals surface area contributed by atoms with Gasteiger partial charge in [0.05, 0.1) is 6.10 Å². The molecule has 1 amide bonds.